The molecule has 0 bridgehead atoms. The summed E-state index contributed by atoms with van der Waals surface area (Å²) >= 11 is 0. The lowest BCUT2D eigenvalue weighted by molar-refractivity contribution is -0.260. The minimum atomic E-state index is -1.32. The fourth-order valence-corrected chi connectivity index (χ4v) is 0.564. The van der Waals surface area contributed by atoms with Crippen LogP contribution in [0.4, 0.5) is 0 Å². The summed E-state index contributed by atoms with van der Waals surface area (Å²) in [4.78, 5) is 0. The summed E-state index contributed by atoms with van der Waals surface area (Å²) in [5, 5.41) is 0. The average Bonchev–Trinajstić information content (AvgIpc) is 1.65. The van der Waals surface area contributed by atoms with Crippen molar-refractivity contribution in [1.29, 1.82) is 0 Å². The summed E-state index contributed by atoms with van der Waals surface area (Å²) < 4.78 is 9.60. The Hall–Kier alpha value is -0.160. The van der Waals surface area contributed by atoms with E-state index in [1.54, 1.807) is 0 Å². The van der Waals surface area contributed by atoms with Crippen molar-refractivity contribution in [1.82, 2.24) is 0 Å². The molecular weight excluding hydrogens is 108 g/mol. The van der Waals surface area contributed by atoms with Crippen LogP contribution in [0, 0.1) is 0 Å². The molecule has 0 aliphatic carbocycles. The number of ether oxygens (including phenoxy) is 2. The van der Waals surface area contributed by atoms with Crippen molar-refractivity contribution in [3.05, 3.63) is 0 Å². The topological polar surface area (TPSA) is 70.5 Å². The molecular formula is C4H10N2O2. The smallest absolute Gasteiger partial charge is 0.286 e. The van der Waals surface area contributed by atoms with Crippen LogP contribution in [-0.2, 0) is 9.47 Å². The van der Waals surface area contributed by atoms with Gasteiger partial charge in [0, 0.05) is 0 Å². The Morgan fingerprint density at radius 2 is 1.62 bits per heavy atom. The van der Waals surface area contributed by atoms with Crippen LogP contribution >= 0.6 is 0 Å². The van der Waals surface area contributed by atoms with Crippen LogP contribution in [0.25, 0.3) is 0 Å². The van der Waals surface area contributed by atoms with Crippen molar-refractivity contribution in [3.8, 4) is 0 Å². The maximum atomic E-state index is 5.21. The molecule has 0 aromatic heterocycles. The summed E-state index contributed by atoms with van der Waals surface area (Å²) in [7, 11) is 0. The molecule has 0 unspecified atom stereocenters. The predicted molar refractivity (Wildman–Crippen MR) is 27.6 cm³/mol. The van der Waals surface area contributed by atoms with Crippen LogP contribution in [0.15, 0.2) is 0 Å². The third kappa shape index (κ3) is 1.41. The van der Waals surface area contributed by atoms with E-state index in [-0.39, 0.29) is 0 Å². The molecule has 4 nitrogen and oxygen atoms in total. The third-order valence-electron chi connectivity index (χ3n) is 0.944. The fraction of sp³-hybridized carbons (Fsp3) is 1.00. The highest BCUT2D eigenvalue weighted by Gasteiger charge is 2.23. The van der Waals surface area contributed by atoms with Gasteiger partial charge < -0.3 is 9.47 Å². The van der Waals surface area contributed by atoms with Gasteiger partial charge in [-0.25, -0.2) is 0 Å². The SMILES string of the molecule is NC1(N)OCCCO1. The molecule has 0 saturated carbocycles. The normalized spacial score (nSPS) is 27.8. The highest BCUT2D eigenvalue weighted by atomic mass is 16.7. The van der Waals surface area contributed by atoms with Gasteiger partial charge in [-0.3, -0.25) is 11.5 Å². The van der Waals surface area contributed by atoms with Gasteiger partial charge in [-0.15, -0.1) is 0 Å². The molecule has 4 N–H and O–H groups in total. The van der Waals surface area contributed by atoms with Crippen molar-refractivity contribution < 1.29 is 9.47 Å². The second kappa shape index (κ2) is 1.99. The number of nitrogens with two attached hydrogens (primary N) is 2. The van der Waals surface area contributed by atoms with Crippen LogP contribution in [0.3, 0.4) is 0 Å². The first-order chi connectivity index (χ1) is 3.71. The fourth-order valence-electron chi connectivity index (χ4n) is 0.564. The molecule has 0 aromatic rings. The van der Waals surface area contributed by atoms with Crippen molar-refractivity contribution in [2.45, 2.75) is 12.5 Å². The molecule has 1 aliphatic heterocycles. The Bertz CT molecular complexity index is 76.1. The van der Waals surface area contributed by atoms with Crippen molar-refractivity contribution in [3.63, 3.8) is 0 Å². The Kier molecular flexibility index (Phi) is 1.48. The van der Waals surface area contributed by atoms with E-state index in [0.29, 0.717) is 13.2 Å². The summed E-state index contributed by atoms with van der Waals surface area (Å²) in [6.07, 6.45) is 0.871. The average molecular weight is 118 g/mol. The molecule has 0 radical (unpaired) electrons. The Morgan fingerprint density at radius 3 is 1.88 bits per heavy atom. The van der Waals surface area contributed by atoms with Crippen LogP contribution in [-0.4, -0.2) is 19.2 Å². The first kappa shape index (κ1) is 5.97. The molecule has 0 spiro atoms. The van der Waals surface area contributed by atoms with Crippen LogP contribution in [0.2, 0.25) is 0 Å². The van der Waals surface area contributed by atoms with Gasteiger partial charge >= 0.3 is 0 Å². The zero-order chi connectivity index (χ0) is 6.04. The van der Waals surface area contributed by atoms with Crippen molar-refractivity contribution in [2.75, 3.05) is 13.2 Å². The minimum absolute atomic E-state index is 0.590. The van der Waals surface area contributed by atoms with E-state index in [9.17, 15) is 0 Å². The lowest BCUT2D eigenvalue weighted by Gasteiger charge is -2.28. The summed E-state index contributed by atoms with van der Waals surface area (Å²) in [5.74, 6) is 0. The quantitative estimate of drug-likeness (QED) is 0.398. The second-order valence-corrected chi connectivity index (χ2v) is 1.77. The van der Waals surface area contributed by atoms with Gasteiger partial charge in [0.15, 0.2) is 0 Å². The Labute approximate surface area is 47.7 Å². The summed E-state index contributed by atoms with van der Waals surface area (Å²) in [6.45, 7) is 1.18. The largest absolute Gasteiger partial charge is 0.325 e. The highest BCUT2D eigenvalue weighted by Crippen LogP contribution is 2.04. The molecule has 1 rings (SSSR count). The molecule has 1 saturated heterocycles. The van der Waals surface area contributed by atoms with E-state index < -0.39 is 6.03 Å². The lowest BCUT2D eigenvalue weighted by Crippen LogP contribution is -2.56. The third-order valence-corrected chi connectivity index (χ3v) is 0.944. The monoisotopic (exact) mass is 118 g/mol. The second-order valence-electron chi connectivity index (χ2n) is 1.77. The Balaban J connectivity index is 2.33. The van der Waals surface area contributed by atoms with E-state index in [2.05, 4.69) is 0 Å². The zero-order valence-corrected chi connectivity index (χ0v) is 4.59. The molecule has 1 fully saturated rings. The molecule has 8 heavy (non-hydrogen) atoms. The van der Waals surface area contributed by atoms with E-state index >= 15 is 0 Å². The van der Waals surface area contributed by atoms with Gasteiger partial charge in [0.1, 0.15) is 0 Å². The predicted octanol–water partition coefficient (Wildman–Crippen LogP) is -1.05. The van der Waals surface area contributed by atoms with Gasteiger partial charge in [0.2, 0.25) is 0 Å². The number of hydrogen-bond donors (Lipinski definition) is 2. The molecule has 1 heterocycles. The maximum Gasteiger partial charge on any atom is 0.286 e. The van der Waals surface area contributed by atoms with Crippen LogP contribution in [0.5, 0.6) is 0 Å². The number of rotatable bonds is 0. The van der Waals surface area contributed by atoms with Crippen molar-refractivity contribution >= 4 is 0 Å². The molecule has 0 amide bonds. The van der Waals surface area contributed by atoms with Gasteiger partial charge in [0.05, 0.1) is 13.2 Å². The molecule has 0 aromatic carbocycles. The van der Waals surface area contributed by atoms with Crippen LogP contribution in [0.1, 0.15) is 6.42 Å². The molecule has 48 valence electrons. The van der Waals surface area contributed by atoms with Gasteiger partial charge in [-0.1, -0.05) is 0 Å². The first-order valence-electron chi connectivity index (χ1n) is 2.56. The van der Waals surface area contributed by atoms with E-state index in [4.69, 9.17) is 20.9 Å². The Morgan fingerprint density at radius 1 is 1.12 bits per heavy atom. The minimum Gasteiger partial charge on any atom is -0.325 e. The van der Waals surface area contributed by atoms with E-state index in [0.717, 1.165) is 6.42 Å². The highest BCUT2D eigenvalue weighted by molar-refractivity contribution is 4.53. The van der Waals surface area contributed by atoms with Gasteiger partial charge in [-0.05, 0) is 6.42 Å². The van der Waals surface area contributed by atoms with Crippen molar-refractivity contribution in [2.24, 2.45) is 11.5 Å². The number of hydrogen-bond acceptors (Lipinski definition) is 4. The van der Waals surface area contributed by atoms with Crippen LogP contribution < -0.4 is 11.5 Å². The standard InChI is InChI=1S/C4H10N2O2/c5-4(6)7-2-1-3-8-4/h1-3,5-6H2. The maximum absolute atomic E-state index is 5.21. The van der Waals surface area contributed by atoms with Gasteiger partial charge in [-0.2, -0.15) is 0 Å². The summed E-state index contributed by atoms with van der Waals surface area (Å²) in [6, 6.07) is -1.32. The zero-order valence-electron chi connectivity index (χ0n) is 4.59. The molecule has 4 heteroatoms. The molecule has 0 atom stereocenters. The lowest BCUT2D eigenvalue weighted by atomic mass is 10.4. The van der Waals surface area contributed by atoms with E-state index in [1.165, 1.54) is 0 Å². The molecule has 1 aliphatic rings. The summed E-state index contributed by atoms with van der Waals surface area (Å²) in [5.41, 5.74) is 10.4. The van der Waals surface area contributed by atoms with Gasteiger partial charge in [0.25, 0.3) is 6.03 Å². The first-order valence-corrected chi connectivity index (χ1v) is 2.56. The van der Waals surface area contributed by atoms with E-state index in [1.807, 2.05) is 0 Å².